The maximum atomic E-state index is 12.8. The van der Waals surface area contributed by atoms with E-state index in [0.717, 1.165) is 16.1 Å². The molecule has 0 radical (unpaired) electrons. The van der Waals surface area contributed by atoms with Crippen LogP contribution in [0, 0.1) is 0 Å². The lowest BCUT2D eigenvalue weighted by molar-refractivity contribution is -0.116. The third kappa shape index (κ3) is 5.41. The van der Waals surface area contributed by atoms with Gasteiger partial charge >= 0.3 is 0 Å². The number of hydrogen-bond donors (Lipinski definition) is 1. The number of sulfonamides is 1. The Morgan fingerprint density at radius 1 is 0.966 bits per heavy atom. The molecule has 1 amide bonds. The number of methoxy groups -OCH3 is 2. The Kier molecular flexibility index (Phi) is 7.13. The first-order chi connectivity index (χ1) is 13.6. The van der Waals surface area contributed by atoms with Crippen LogP contribution in [0.1, 0.15) is 32.3 Å². The van der Waals surface area contributed by atoms with Gasteiger partial charge in [0.05, 0.1) is 26.2 Å². The number of nitrogens with zero attached hydrogens (tertiary/aromatic N) is 1. The fourth-order valence-electron chi connectivity index (χ4n) is 2.97. The first-order valence-electron chi connectivity index (χ1n) is 9.20. The molecule has 0 spiro atoms. The van der Waals surface area contributed by atoms with Crippen molar-refractivity contribution < 1.29 is 22.7 Å². The van der Waals surface area contributed by atoms with Gasteiger partial charge in [0, 0.05) is 11.8 Å². The summed E-state index contributed by atoms with van der Waals surface area (Å²) in [6.07, 6.45) is 1.06. The Balaban J connectivity index is 2.31. The van der Waals surface area contributed by atoms with Crippen molar-refractivity contribution in [1.29, 1.82) is 0 Å². The number of nitrogens with one attached hydrogen (secondary N) is 1. The molecule has 2 rings (SSSR count). The standard InChI is InChI=1S/C21H28N2O5S/c1-14(2)16-7-9-17(10-8-16)22-21(24)15(3)23(29(6,25)26)18-11-12-19(27-4)20(13-18)28-5/h7-15H,1-6H3,(H,22,24)/t15-/m0/s1. The molecule has 0 aliphatic carbocycles. The average Bonchev–Trinajstić information content (AvgIpc) is 2.67. The maximum Gasteiger partial charge on any atom is 0.247 e. The van der Waals surface area contributed by atoms with Crippen LogP contribution in [0.3, 0.4) is 0 Å². The summed E-state index contributed by atoms with van der Waals surface area (Å²) in [7, 11) is -0.787. The molecule has 158 valence electrons. The van der Waals surface area contributed by atoms with Crippen LogP contribution in [0.15, 0.2) is 42.5 Å². The molecular weight excluding hydrogens is 392 g/mol. The molecule has 0 saturated heterocycles. The molecule has 2 aromatic rings. The minimum Gasteiger partial charge on any atom is -0.493 e. The molecule has 2 aromatic carbocycles. The summed E-state index contributed by atoms with van der Waals surface area (Å²) in [5, 5.41) is 2.78. The Hall–Kier alpha value is -2.74. The fourth-order valence-corrected chi connectivity index (χ4v) is 4.14. The molecule has 0 saturated carbocycles. The van der Waals surface area contributed by atoms with Crippen molar-refractivity contribution in [1.82, 2.24) is 0 Å². The average molecular weight is 421 g/mol. The normalized spacial score (nSPS) is 12.4. The van der Waals surface area contributed by atoms with Crippen molar-refractivity contribution in [2.75, 3.05) is 30.1 Å². The van der Waals surface area contributed by atoms with E-state index < -0.39 is 22.0 Å². The number of anilines is 2. The van der Waals surface area contributed by atoms with Gasteiger partial charge in [-0.15, -0.1) is 0 Å². The number of carbonyl (C=O) groups excluding carboxylic acids is 1. The Labute approximate surface area is 172 Å². The van der Waals surface area contributed by atoms with Crippen LogP contribution >= 0.6 is 0 Å². The predicted molar refractivity (Wildman–Crippen MR) is 115 cm³/mol. The van der Waals surface area contributed by atoms with Gasteiger partial charge in [-0.3, -0.25) is 9.10 Å². The molecule has 8 heteroatoms. The number of hydrogen-bond acceptors (Lipinski definition) is 5. The molecule has 1 atom stereocenters. The van der Waals surface area contributed by atoms with E-state index in [9.17, 15) is 13.2 Å². The molecule has 7 nitrogen and oxygen atoms in total. The van der Waals surface area contributed by atoms with E-state index >= 15 is 0 Å². The summed E-state index contributed by atoms with van der Waals surface area (Å²) in [6.45, 7) is 5.71. The van der Waals surface area contributed by atoms with Crippen molar-refractivity contribution in [2.45, 2.75) is 32.7 Å². The van der Waals surface area contributed by atoms with Crippen LogP contribution < -0.4 is 19.1 Å². The van der Waals surface area contributed by atoms with Crippen LogP contribution in [0.25, 0.3) is 0 Å². The second-order valence-electron chi connectivity index (χ2n) is 7.04. The third-order valence-electron chi connectivity index (χ3n) is 4.55. The maximum absolute atomic E-state index is 12.8. The van der Waals surface area contributed by atoms with Gasteiger partial charge in [-0.25, -0.2) is 8.42 Å². The van der Waals surface area contributed by atoms with Gasteiger partial charge in [-0.1, -0.05) is 26.0 Å². The monoisotopic (exact) mass is 420 g/mol. The van der Waals surface area contributed by atoms with Gasteiger partial charge in [0.1, 0.15) is 6.04 Å². The lowest BCUT2D eigenvalue weighted by atomic mass is 10.0. The molecule has 0 fully saturated rings. The van der Waals surface area contributed by atoms with Gasteiger partial charge in [0.2, 0.25) is 15.9 Å². The van der Waals surface area contributed by atoms with E-state index in [-0.39, 0.29) is 0 Å². The molecule has 29 heavy (non-hydrogen) atoms. The van der Waals surface area contributed by atoms with E-state index in [1.165, 1.54) is 27.2 Å². The first-order valence-corrected chi connectivity index (χ1v) is 11.1. The Bertz CT molecular complexity index is 956. The third-order valence-corrected chi connectivity index (χ3v) is 5.80. The van der Waals surface area contributed by atoms with Crippen LogP contribution in [-0.4, -0.2) is 40.8 Å². The molecule has 0 aromatic heterocycles. The van der Waals surface area contributed by atoms with Crippen LogP contribution in [0.2, 0.25) is 0 Å². The summed E-state index contributed by atoms with van der Waals surface area (Å²) in [4.78, 5) is 12.8. The number of benzene rings is 2. The summed E-state index contributed by atoms with van der Waals surface area (Å²) in [5.41, 5.74) is 2.06. The Morgan fingerprint density at radius 2 is 1.55 bits per heavy atom. The minimum absolute atomic E-state index is 0.308. The second kappa shape index (κ2) is 9.17. The largest absolute Gasteiger partial charge is 0.493 e. The van der Waals surface area contributed by atoms with Crippen molar-refractivity contribution in [2.24, 2.45) is 0 Å². The minimum atomic E-state index is -3.74. The van der Waals surface area contributed by atoms with Crippen molar-refractivity contribution >= 4 is 27.3 Å². The van der Waals surface area contributed by atoms with Gasteiger partial charge in [-0.2, -0.15) is 0 Å². The van der Waals surface area contributed by atoms with Crippen molar-refractivity contribution in [3.63, 3.8) is 0 Å². The zero-order valence-electron chi connectivity index (χ0n) is 17.6. The van der Waals surface area contributed by atoms with Crippen molar-refractivity contribution in [3.8, 4) is 11.5 Å². The summed E-state index contributed by atoms with van der Waals surface area (Å²) >= 11 is 0. The van der Waals surface area contributed by atoms with E-state index in [1.54, 1.807) is 24.3 Å². The van der Waals surface area contributed by atoms with Crippen LogP contribution in [0.5, 0.6) is 11.5 Å². The van der Waals surface area contributed by atoms with E-state index in [0.29, 0.717) is 28.8 Å². The topological polar surface area (TPSA) is 84.9 Å². The van der Waals surface area contributed by atoms with Crippen LogP contribution in [0.4, 0.5) is 11.4 Å². The quantitative estimate of drug-likeness (QED) is 0.705. The smallest absolute Gasteiger partial charge is 0.247 e. The van der Waals surface area contributed by atoms with Crippen LogP contribution in [-0.2, 0) is 14.8 Å². The molecule has 0 heterocycles. The SMILES string of the molecule is COc1ccc(N([C@@H](C)C(=O)Nc2ccc(C(C)C)cc2)S(C)(=O)=O)cc1OC. The highest BCUT2D eigenvalue weighted by Gasteiger charge is 2.30. The highest BCUT2D eigenvalue weighted by molar-refractivity contribution is 7.92. The summed E-state index contributed by atoms with van der Waals surface area (Å²) in [6, 6.07) is 11.2. The van der Waals surface area contributed by atoms with E-state index in [4.69, 9.17) is 9.47 Å². The van der Waals surface area contributed by atoms with Gasteiger partial charge in [0.25, 0.3) is 0 Å². The molecule has 1 N–H and O–H groups in total. The predicted octanol–water partition coefficient (Wildman–Crippen LogP) is 3.62. The second-order valence-corrected chi connectivity index (χ2v) is 8.90. The molecule has 0 aliphatic heterocycles. The molecule has 0 aliphatic rings. The molecular formula is C21H28N2O5S. The van der Waals surface area contributed by atoms with Crippen molar-refractivity contribution in [3.05, 3.63) is 48.0 Å². The summed E-state index contributed by atoms with van der Waals surface area (Å²) < 4.78 is 36.5. The number of carbonyl (C=O) groups is 1. The fraction of sp³-hybridized carbons (Fsp3) is 0.381. The van der Waals surface area contributed by atoms with Gasteiger partial charge in [0.15, 0.2) is 11.5 Å². The lowest BCUT2D eigenvalue weighted by Crippen LogP contribution is -2.45. The van der Waals surface area contributed by atoms with E-state index in [2.05, 4.69) is 19.2 Å². The summed E-state index contributed by atoms with van der Waals surface area (Å²) in [5.74, 6) is 0.773. The highest BCUT2D eigenvalue weighted by atomic mass is 32.2. The zero-order chi connectivity index (χ0) is 21.8. The molecule has 0 unspecified atom stereocenters. The Morgan fingerprint density at radius 3 is 2.03 bits per heavy atom. The number of amides is 1. The highest BCUT2D eigenvalue weighted by Crippen LogP contribution is 2.33. The lowest BCUT2D eigenvalue weighted by Gasteiger charge is -2.28. The molecule has 0 bridgehead atoms. The first kappa shape index (κ1) is 22.5. The number of ether oxygens (including phenoxy) is 2. The van der Waals surface area contributed by atoms with Gasteiger partial charge < -0.3 is 14.8 Å². The van der Waals surface area contributed by atoms with E-state index in [1.807, 2.05) is 12.1 Å². The number of rotatable bonds is 8. The zero-order valence-corrected chi connectivity index (χ0v) is 18.4. The van der Waals surface area contributed by atoms with Gasteiger partial charge in [-0.05, 0) is 42.7 Å².